The number of nitrogens with zero attached hydrogens (tertiary/aromatic N) is 5. The maximum Gasteiger partial charge on any atom is 0.193 e. The van der Waals surface area contributed by atoms with Crippen molar-refractivity contribution in [2.24, 2.45) is 0 Å². The van der Waals surface area contributed by atoms with E-state index in [1.54, 1.807) is 18.5 Å². The standard InChI is InChI=1S/C13H13N5S/c1-3-8-18-12(11-4-6-15-7-5-11)16-17-13(18)19-10(2)9-14/h3-7,10H,1,8H2,2H3/t10-/m0/s1. The molecule has 6 heteroatoms. The van der Waals surface area contributed by atoms with Crippen LogP contribution in [-0.2, 0) is 6.54 Å². The average molecular weight is 271 g/mol. The summed E-state index contributed by atoms with van der Waals surface area (Å²) < 4.78 is 1.95. The van der Waals surface area contributed by atoms with Crippen LogP contribution in [0.15, 0.2) is 42.3 Å². The minimum Gasteiger partial charge on any atom is -0.298 e. The van der Waals surface area contributed by atoms with Crippen LogP contribution in [0.5, 0.6) is 0 Å². The van der Waals surface area contributed by atoms with E-state index in [0.717, 1.165) is 16.5 Å². The highest BCUT2D eigenvalue weighted by atomic mass is 32.2. The van der Waals surface area contributed by atoms with E-state index in [-0.39, 0.29) is 5.25 Å². The first-order valence-electron chi connectivity index (χ1n) is 5.77. The molecule has 2 aromatic heterocycles. The van der Waals surface area contributed by atoms with Gasteiger partial charge >= 0.3 is 0 Å². The molecule has 0 spiro atoms. The largest absolute Gasteiger partial charge is 0.298 e. The molecule has 0 aliphatic heterocycles. The van der Waals surface area contributed by atoms with Crippen molar-refractivity contribution in [3.05, 3.63) is 37.2 Å². The molecule has 0 saturated heterocycles. The number of hydrogen-bond acceptors (Lipinski definition) is 5. The van der Waals surface area contributed by atoms with Crippen LogP contribution in [0.25, 0.3) is 11.4 Å². The fourth-order valence-electron chi connectivity index (χ4n) is 1.57. The number of rotatable bonds is 5. The summed E-state index contributed by atoms with van der Waals surface area (Å²) in [6, 6.07) is 5.94. The molecule has 19 heavy (non-hydrogen) atoms. The number of aromatic nitrogens is 4. The number of pyridine rings is 1. The molecular formula is C13H13N5S. The molecular weight excluding hydrogens is 258 g/mol. The van der Waals surface area contributed by atoms with Gasteiger partial charge in [0.2, 0.25) is 0 Å². The third kappa shape index (κ3) is 3.01. The molecule has 0 radical (unpaired) electrons. The van der Waals surface area contributed by atoms with Gasteiger partial charge in [0.05, 0.1) is 11.3 Å². The highest BCUT2D eigenvalue weighted by Crippen LogP contribution is 2.26. The average Bonchev–Trinajstić information content (AvgIpc) is 2.83. The van der Waals surface area contributed by atoms with Gasteiger partial charge in [-0.25, -0.2) is 0 Å². The summed E-state index contributed by atoms with van der Waals surface area (Å²) in [5.74, 6) is 0.759. The van der Waals surface area contributed by atoms with Gasteiger partial charge in [-0.15, -0.1) is 16.8 Å². The first kappa shape index (κ1) is 13.3. The Morgan fingerprint density at radius 1 is 1.47 bits per heavy atom. The summed E-state index contributed by atoms with van der Waals surface area (Å²) in [6.45, 7) is 6.19. The third-order valence-electron chi connectivity index (χ3n) is 2.43. The van der Waals surface area contributed by atoms with Crippen LogP contribution < -0.4 is 0 Å². The van der Waals surface area contributed by atoms with Gasteiger partial charge in [0.1, 0.15) is 0 Å². The van der Waals surface area contributed by atoms with E-state index in [4.69, 9.17) is 5.26 Å². The maximum atomic E-state index is 8.88. The Bertz CT molecular complexity index is 599. The number of nitriles is 1. The molecule has 0 saturated carbocycles. The van der Waals surface area contributed by atoms with E-state index in [1.165, 1.54) is 11.8 Å². The summed E-state index contributed by atoms with van der Waals surface area (Å²) >= 11 is 1.39. The summed E-state index contributed by atoms with van der Waals surface area (Å²) in [5.41, 5.74) is 0.945. The summed E-state index contributed by atoms with van der Waals surface area (Å²) in [6.07, 6.45) is 5.22. The van der Waals surface area contributed by atoms with E-state index in [9.17, 15) is 0 Å². The predicted molar refractivity (Wildman–Crippen MR) is 74.4 cm³/mol. The van der Waals surface area contributed by atoms with Crippen LogP contribution in [0.3, 0.4) is 0 Å². The van der Waals surface area contributed by atoms with Crippen LogP contribution in [0.1, 0.15) is 6.92 Å². The van der Waals surface area contributed by atoms with Crippen molar-refractivity contribution in [3.8, 4) is 17.5 Å². The van der Waals surface area contributed by atoms with Crippen LogP contribution in [0.2, 0.25) is 0 Å². The summed E-state index contributed by atoms with van der Waals surface area (Å²) in [7, 11) is 0. The normalized spacial score (nSPS) is 11.8. The molecule has 0 N–H and O–H groups in total. The van der Waals surface area contributed by atoms with Gasteiger partial charge < -0.3 is 0 Å². The fourth-order valence-corrected chi connectivity index (χ4v) is 2.31. The Morgan fingerprint density at radius 3 is 2.84 bits per heavy atom. The van der Waals surface area contributed by atoms with Gasteiger partial charge in [-0.3, -0.25) is 9.55 Å². The zero-order valence-electron chi connectivity index (χ0n) is 10.5. The van der Waals surface area contributed by atoms with Crippen LogP contribution in [0, 0.1) is 11.3 Å². The zero-order chi connectivity index (χ0) is 13.7. The number of thioether (sulfide) groups is 1. The minimum atomic E-state index is -0.168. The fraction of sp³-hybridized carbons (Fsp3) is 0.231. The smallest absolute Gasteiger partial charge is 0.193 e. The first-order chi connectivity index (χ1) is 9.26. The van der Waals surface area contributed by atoms with E-state index in [0.29, 0.717) is 6.54 Å². The Morgan fingerprint density at radius 2 is 2.21 bits per heavy atom. The van der Waals surface area contributed by atoms with Crippen molar-refractivity contribution in [2.45, 2.75) is 23.9 Å². The second kappa shape index (κ2) is 6.16. The van der Waals surface area contributed by atoms with E-state index in [1.807, 2.05) is 23.6 Å². The molecule has 2 rings (SSSR count). The molecule has 0 aliphatic rings. The van der Waals surface area contributed by atoms with Gasteiger partial charge in [-0.1, -0.05) is 17.8 Å². The number of hydrogen-bond donors (Lipinski definition) is 0. The lowest BCUT2D eigenvalue weighted by Gasteiger charge is -2.07. The van der Waals surface area contributed by atoms with Crippen molar-refractivity contribution < 1.29 is 0 Å². The second-order valence-electron chi connectivity index (χ2n) is 3.83. The van der Waals surface area contributed by atoms with Crippen molar-refractivity contribution in [1.29, 1.82) is 5.26 Å². The van der Waals surface area contributed by atoms with Crippen molar-refractivity contribution >= 4 is 11.8 Å². The lowest BCUT2D eigenvalue weighted by Crippen LogP contribution is -2.02. The molecule has 0 bridgehead atoms. The van der Waals surface area contributed by atoms with Gasteiger partial charge in [0.25, 0.3) is 0 Å². The Labute approximate surface area is 116 Å². The topological polar surface area (TPSA) is 67.4 Å². The molecule has 96 valence electrons. The molecule has 0 aliphatic carbocycles. The van der Waals surface area contributed by atoms with Crippen LogP contribution in [-0.4, -0.2) is 25.0 Å². The molecule has 0 fully saturated rings. The van der Waals surface area contributed by atoms with Crippen LogP contribution >= 0.6 is 11.8 Å². The Kier molecular flexibility index (Phi) is 4.31. The van der Waals surface area contributed by atoms with Gasteiger partial charge in [0, 0.05) is 24.5 Å². The van der Waals surface area contributed by atoms with Crippen molar-refractivity contribution in [1.82, 2.24) is 19.7 Å². The lowest BCUT2D eigenvalue weighted by atomic mass is 10.2. The molecule has 0 unspecified atom stereocenters. The highest BCUT2D eigenvalue weighted by molar-refractivity contribution is 8.00. The third-order valence-corrected chi connectivity index (χ3v) is 3.40. The highest BCUT2D eigenvalue weighted by Gasteiger charge is 2.15. The zero-order valence-corrected chi connectivity index (χ0v) is 11.3. The Balaban J connectivity index is 2.40. The lowest BCUT2D eigenvalue weighted by molar-refractivity contribution is 0.730. The first-order valence-corrected chi connectivity index (χ1v) is 6.65. The number of allylic oxidation sites excluding steroid dienone is 1. The van der Waals surface area contributed by atoms with E-state index < -0.39 is 0 Å². The van der Waals surface area contributed by atoms with Gasteiger partial charge in [-0.2, -0.15) is 5.26 Å². The van der Waals surface area contributed by atoms with Crippen molar-refractivity contribution in [3.63, 3.8) is 0 Å². The van der Waals surface area contributed by atoms with Crippen LogP contribution in [0.4, 0.5) is 0 Å². The molecule has 0 aromatic carbocycles. The quantitative estimate of drug-likeness (QED) is 0.617. The van der Waals surface area contributed by atoms with Gasteiger partial charge in [0.15, 0.2) is 11.0 Å². The van der Waals surface area contributed by atoms with E-state index in [2.05, 4.69) is 27.8 Å². The SMILES string of the molecule is C=CCn1c(S[C@@H](C)C#N)nnc1-c1ccncc1. The Hall–Kier alpha value is -2.13. The summed E-state index contributed by atoms with van der Waals surface area (Å²) in [5, 5.41) is 17.8. The molecule has 2 aromatic rings. The van der Waals surface area contributed by atoms with Crippen molar-refractivity contribution in [2.75, 3.05) is 0 Å². The minimum absolute atomic E-state index is 0.168. The second-order valence-corrected chi connectivity index (χ2v) is 5.14. The van der Waals surface area contributed by atoms with Gasteiger partial charge in [-0.05, 0) is 19.1 Å². The molecule has 1 atom stereocenters. The maximum absolute atomic E-state index is 8.88. The van der Waals surface area contributed by atoms with E-state index >= 15 is 0 Å². The predicted octanol–water partition coefficient (Wildman–Crippen LogP) is 2.53. The molecule has 5 nitrogen and oxygen atoms in total. The molecule has 0 amide bonds. The summed E-state index contributed by atoms with van der Waals surface area (Å²) in [4.78, 5) is 3.99. The molecule has 2 heterocycles. The monoisotopic (exact) mass is 271 g/mol.